The Balaban J connectivity index is 1.33. The zero-order valence-electron chi connectivity index (χ0n) is 21.5. The first-order chi connectivity index (χ1) is 17.1. The zero-order chi connectivity index (χ0) is 25.9. The van der Waals surface area contributed by atoms with Crippen molar-refractivity contribution in [2.45, 2.75) is 52.2 Å². The average Bonchev–Trinajstić information content (AvgIpc) is 3.16. The summed E-state index contributed by atoms with van der Waals surface area (Å²) >= 11 is 0. The summed E-state index contributed by atoms with van der Waals surface area (Å²) in [5.41, 5.74) is 5.42. The smallest absolute Gasteiger partial charge is 0.255 e. The molecule has 0 saturated carbocycles. The van der Waals surface area contributed by atoms with E-state index in [1.165, 1.54) is 21.6 Å². The van der Waals surface area contributed by atoms with Crippen LogP contribution in [0.15, 0.2) is 42.5 Å². The number of nitrogens with one attached hydrogen (secondary N) is 1. The minimum Gasteiger partial charge on any atom is -0.354 e. The van der Waals surface area contributed by atoms with Crippen LogP contribution in [0.1, 0.15) is 51.9 Å². The molecule has 1 N–H and O–H groups in total. The summed E-state index contributed by atoms with van der Waals surface area (Å²) in [5.74, 6) is -0.246. The number of hydrogen-bond donors (Lipinski definition) is 1. The Morgan fingerprint density at radius 1 is 1.11 bits per heavy atom. The highest BCUT2D eigenvalue weighted by Crippen LogP contribution is 2.26. The van der Waals surface area contributed by atoms with Crippen molar-refractivity contribution in [1.82, 2.24) is 15.1 Å². The number of rotatable bonds is 9. The number of carbonyl (C=O) groups excluding carboxylic acids is 2. The van der Waals surface area contributed by atoms with Gasteiger partial charge in [0, 0.05) is 31.5 Å². The topological polar surface area (TPSA) is 86.8 Å². The molecule has 1 fully saturated rings. The number of amides is 2. The predicted octanol–water partition coefficient (Wildman–Crippen LogP) is 3.09. The molecular formula is C28H37N3O4S. The van der Waals surface area contributed by atoms with Crippen LogP contribution >= 0.6 is 0 Å². The standard InChI is InChI=1S/C28H37N3O4S/c1-20-8-9-21(2)24(16-20)18-30-13-10-22(11-14-30)17-29-27(32)26(12-15-36(3,34)35)31-19-23-6-4-5-7-25(23)28(31)33/h4-9,16,22,26H,10-15,17-19H2,1-3H3,(H,29,32). The van der Waals surface area contributed by atoms with Crippen molar-refractivity contribution >= 4 is 21.7 Å². The van der Waals surface area contributed by atoms with E-state index in [1.807, 2.05) is 12.1 Å². The number of aryl methyl sites for hydroxylation is 2. The van der Waals surface area contributed by atoms with Gasteiger partial charge in [0.25, 0.3) is 5.91 Å². The van der Waals surface area contributed by atoms with Crippen molar-refractivity contribution in [3.8, 4) is 0 Å². The molecule has 1 saturated heterocycles. The summed E-state index contributed by atoms with van der Waals surface area (Å²) in [6.45, 7) is 8.04. The molecule has 4 rings (SSSR count). The number of piperidine rings is 1. The second kappa shape index (κ2) is 11.1. The molecule has 1 atom stereocenters. The molecule has 0 spiro atoms. The van der Waals surface area contributed by atoms with Crippen molar-refractivity contribution in [2.75, 3.05) is 31.6 Å². The summed E-state index contributed by atoms with van der Waals surface area (Å²) in [6.07, 6.45) is 3.24. The fourth-order valence-electron chi connectivity index (χ4n) is 5.21. The highest BCUT2D eigenvalue weighted by Gasteiger charge is 2.36. The van der Waals surface area contributed by atoms with E-state index in [1.54, 1.807) is 12.1 Å². The maximum atomic E-state index is 13.3. The number of sulfone groups is 1. The summed E-state index contributed by atoms with van der Waals surface area (Å²) in [6, 6.07) is 13.1. The highest BCUT2D eigenvalue weighted by molar-refractivity contribution is 7.90. The van der Waals surface area contributed by atoms with Crippen LogP contribution in [0.3, 0.4) is 0 Å². The molecule has 1 unspecified atom stereocenters. The number of fused-ring (bicyclic) bond motifs is 1. The lowest BCUT2D eigenvalue weighted by molar-refractivity contribution is -0.126. The van der Waals surface area contributed by atoms with Crippen LogP contribution in [0, 0.1) is 19.8 Å². The lowest BCUT2D eigenvalue weighted by Crippen LogP contribution is -2.49. The Hall–Kier alpha value is -2.71. The maximum Gasteiger partial charge on any atom is 0.255 e. The van der Waals surface area contributed by atoms with Crippen molar-refractivity contribution in [3.63, 3.8) is 0 Å². The van der Waals surface area contributed by atoms with Gasteiger partial charge in [0.05, 0.1) is 5.75 Å². The number of likely N-dealkylation sites (tertiary alicyclic amines) is 1. The second-order valence-corrected chi connectivity index (χ2v) is 12.7. The molecule has 2 aromatic carbocycles. The minimum atomic E-state index is -3.26. The van der Waals surface area contributed by atoms with Crippen LogP contribution in [0.2, 0.25) is 0 Å². The van der Waals surface area contributed by atoms with E-state index in [-0.39, 0.29) is 24.0 Å². The van der Waals surface area contributed by atoms with Crippen LogP contribution in [-0.4, -0.2) is 67.7 Å². The molecule has 8 heteroatoms. The summed E-state index contributed by atoms with van der Waals surface area (Å²) in [4.78, 5) is 30.2. The SMILES string of the molecule is Cc1ccc(C)c(CN2CCC(CNC(=O)C(CCS(C)(=O)=O)N3Cc4ccccc4C3=O)CC2)c1. The molecular weight excluding hydrogens is 474 g/mol. The lowest BCUT2D eigenvalue weighted by atomic mass is 9.95. The number of nitrogens with zero attached hydrogens (tertiary/aromatic N) is 2. The molecule has 7 nitrogen and oxygen atoms in total. The van der Waals surface area contributed by atoms with E-state index in [9.17, 15) is 18.0 Å². The third kappa shape index (κ3) is 6.53. The Labute approximate surface area is 214 Å². The lowest BCUT2D eigenvalue weighted by Gasteiger charge is -2.33. The zero-order valence-corrected chi connectivity index (χ0v) is 22.3. The van der Waals surface area contributed by atoms with Gasteiger partial charge in [-0.05, 0) is 74.9 Å². The van der Waals surface area contributed by atoms with Gasteiger partial charge >= 0.3 is 0 Å². The largest absolute Gasteiger partial charge is 0.354 e. The third-order valence-electron chi connectivity index (χ3n) is 7.46. The fourth-order valence-corrected chi connectivity index (χ4v) is 5.86. The number of carbonyl (C=O) groups is 2. The first kappa shape index (κ1) is 26.4. The Kier molecular flexibility index (Phi) is 8.15. The summed E-state index contributed by atoms with van der Waals surface area (Å²) in [7, 11) is -3.26. The van der Waals surface area contributed by atoms with Gasteiger partial charge in [0.15, 0.2) is 0 Å². The summed E-state index contributed by atoms with van der Waals surface area (Å²) < 4.78 is 23.7. The third-order valence-corrected chi connectivity index (χ3v) is 8.44. The predicted molar refractivity (Wildman–Crippen MR) is 141 cm³/mol. The normalized spacial score (nSPS) is 17.8. The van der Waals surface area contributed by atoms with Crippen LogP contribution in [-0.2, 0) is 27.7 Å². The van der Waals surface area contributed by atoms with Gasteiger partial charge in [-0.3, -0.25) is 14.5 Å². The van der Waals surface area contributed by atoms with Gasteiger partial charge in [-0.25, -0.2) is 8.42 Å². The molecule has 194 valence electrons. The molecule has 2 aliphatic heterocycles. The van der Waals surface area contributed by atoms with E-state index in [4.69, 9.17) is 0 Å². The van der Waals surface area contributed by atoms with Crippen molar-refractivity contribution in [2.24, 2.45) is 5.92 Å². The van der Waals surface area contributed by atoms with Crippen molar-refractivity contribution < 1.29 is 18.0 Å². The highest BCUT2D eigenvalue weighted by atomic mass is 32.2. The van der Waals surface area contributed by atoms with Crippen molar-refractivity contribution in [1.29, 1.82) is 0 Å². The van der Waals surface area contributed by atoms with E-state index in [0.717, 1.165) is 44.3 Å². The molecule has 2 heterocycles. The molecule has 2 amide bonds. The minimum absolute atomic E-state index is 0.0959. The van der Waals surface area contributed by atoms with Crippen LogP contribution in [0.25, 0.3) is 0 Å². The maximum absolute atomic E-state index is 13.3. The first-order valence-corrected chi connectivity index (χ1v) is 14.8. The van der Waals surface area contributed by atoms with Gasteiger partial charge in [-0.2, -0.15) is 0 Å². The van der Waals surface area contributed by atoms with Crippen LogP contribution in [0.5, 0.6) is 0 Å². The average molecular weight is 512 g/mol. The summed E-state index contributed by atoms with van der Waals surface area (Å²) in [5, 5.41) is 3.05. The van der Waals surface area contributed by atoms with Gasteiger partial charge in [0.1, 0.15) is 15.9 Å². The Morgan fingerprint density at radius 2 is 1.83 bits per heavy atom. The monoisotopic (exact) mass is 511 g/mol. The molecule has 2 aromatic rings. The van der Waals surface area contributed by atoms with Gasteiger partial charge in [-0.15, -0.1) is 0 Å². The van der Waals surface area contributed by atoms with E-state index >= 15 is 0 Å². The molecule has 2 aliphatic rings. The molecule has 36 heavy (non-hydrogen) atoms. The van der Waals surface area contributed by atoms with Crippen molar-refractivity contribution in [3.05, 3.63) is 70.3 Å². The van der Waals surface area contributed by atoms with Gasteiger partial charge < -0.3 is 10.2 Å². The number of benzene rings is 2. The fraction of sp³-hybridized carbons (Fsp3) is 0.500. The molecule has 0 bridgehead atoms. The van der Waals surface area contributed by atoms with E-state index < -0.39 is 15.9 Å². The quantitative estimate of drug-likeness (QED) is 0.559. The number of hydrogen-bond acceptors (Lipinski definition) is 5. The molecule has 0 aromatic heterocycles. The Morgan fingerprint density at radius 3 is 2.53 bits per heavy atom. The van der Waals surface area contributed by atoms with Crippen LogP contribution < -0.4 is 5.32 Å². The molecule has 0 aliphatic carbocycles. The van der Waals surface area contributed by atoms with Gasteiger partial charge in [-0.1, -0.05) is 42.0 Å². The van der Waals surface area contributed by atoms with E-state index in [2.05, 4.69) is 42.3 Å². The van der Waals surface area contributed by atoms with E-state index in [0.29, 0.717) is 24.6 Å². The molecule has 0 radical (unpaired) electrons. The Bertz CT molecular complexity index is 1220. The second-order valence-electron chi connectivity index (χ2n) is 10.4. The first-order valence-electron chi connectivity index (χ1n) is 12.7. The van der Waals surface area contributed by atoms with Crippen LogP contribution in [0.4, 0.5) is 0 Å². The van der Waals surface area contributed by atoms with Gasteiger partial charge in [0.2, 0.25) is 5.91 Å².